The van der Waals surface area contributed by atoms with Crippen LogP contribution in [0.1, 0.15) is 0 Å². The van der Waals surface area contributed by atoms with Gasteiger partial charge in [-0.25, -0.2) is 4.79 Å². The summed E-state index contributed by atoms with van der Waals surface area (Å²) < 4.78 is 4.59. The predicted molar refractivity (Wildman–Crippen MR) is 64.9 cm³/mol. The second-order valence-electron chi connectivity index (χ2n) is 3.14. The van der Waals surface area contributed by atoms with Gasteiger partial charge in [-0.1, -0.05) is 22.8 Å². The highest BCUT2D eigenvalue weighted by atomic mass is 35.5. The van der Waals surface area contributed by atoms with Gasteiger partial charge in [-0.15, -0.1) is 0 Å². The van der Waals surface area contributed by atoms with Crippen molar-refractivity contribution >= 4 is 23.3 Å². The minimum atomic E-state index is -0.727. The molecule has 0 fully saturated rings. The molecular weight excluding hydrogens is 244 g/mol. The number of hydrogen-bond acceptors (Lipinski definition) is 4. The van der Waals surface area contributed by atoms with Crippen LogP contribution in [0, 0.1) is 0 Å². The van der Waals surface area contributed by atoms with Crippen LogP contribution in [0.2, 0.25) is 5.02 Å². The van der Waals surface area contributed by atoms with E-state index in [2.05, 4.69) is 20.1 Å². The third kappa shape index (κ3) is 4.22. The molecule has 0 amide bonds. The van der Waals surface area contributed by atoms with Crippen molar-refractivity contribution in [2.24, 2.45) is 5.11 Å². The summed E-state index contributed by atoms with van der Waals surface area (Å²) in [6.45, 7) is -0.0321. The largest absolute Gasteiger partial charge is 0.467 e. The van der Waals surface area contributed by atoms with Gasteiger partial charge in [-0.05, 0) is 23.7 Å². The molecule has 0 spiro atoms. The van der Waals surface area contributed by atoms with Crippen LogP contribution in [0.25, 0.3) is 10.4 Å². The maximum Gasteiger partial charge on any atom is 0.328 e. The molecule has 0 saturated carbocycles. The van der Waals surface area contributed by atoms with Crippen LogP contribution in [0.4, 0.5) is 5.69 Å². The predicted octanol–water partition coefficient (Wildman–Crippen LogP) is 2.60. The maximum absolute atomic E-state index is 11.4. The number of ether oxygens (including phenoxy) is 1. The topological polar surface area (TPSA) is 87.1 Å². The number of anilines is 1. The van der Waals surface area contributed by atoms with Crippen LogP contribution in [-0.2, 0) is 9.53 Å². The highest BCUT2D eigenvalue weighted by molar-refractivity contribution is 6.30. The zero-order valence-corrected chi connectivity index (χ0v) is 9.89. The van der Waals surface area contributed by atoms with Crippen LogP contribution in [0.15, 0.2) is 29.4 Å². The molecule has 90 valence electrons. The molecule has 0 radical (unpaired) electrons. The average Bonchev–Trinajstić information content (AvgIpc) is 2.33. The molecule has 1 atom stereocenters. The smallest absolute Gasteiger partial charge is 0.328 e. The molecule has 6 nitrogen and oxygen atoms in total. The van der Waals surface area contributed by atoms with Crippen LogP contribution in [0.3, 0.4) is 0 Å². The molecule has 0 heterocycles. The Morgan fingerprint density at radius 2 is 2.47 bits per heavy atom. The summed E-state index contributed by atoms with van der Waals surface area (Å²) in [4.78, 5) is 14.0. The molecule has 0 bridgehead atoms. The number of hydrogen-bond donors (Lipinski definition) is 1. The van der Waals surface area contributed by atoms with E-state index >= 15 is 0 Å². The van der Waals surface area contributed by atoms with Gasteiger partial charge in [-0.3, -0.25) is 0 Å². The summed E-state index contributed by atoms with van der Waals surface area (Å²) in [5.74, 6) is -0.502. The van der Waals surface area contributed by atoms with Crippen LogP contribution < -0.4 is 5.32 Å². The molecule has 17 heavy (non-hydrogen) atoms. The Labute approximate surface area is 103 Å². The summed E-state index contributed by atoms with van der Waals surface area (Å²) in [5.41, 5.74) is 8.89. The first-order valence-corrected chi connectivity index (χ1v) is 5.16. The summed E-state index contributed by atoms with van der Waals surface area (Å²) in [5, 5.41) is 6.77. The molecule has 1 aromatic rings. The number of nitrogens with zero attached hydrogens (tertiary/aromatic N) is 3. The Bertz CT molecular complexity index is 446. The van der Waals surface area contributed by atoms with E-state index in [-0.39, 0.29) is 6.54 Å². The number of rotatable bonds is 5. The Hall–Kier alpha value is -1.91. The van der Waals surface area contributed by atoms with E-state index in [1.54, 1.807) is 24.3 Å². The van der Waals surface area contributed by atoms with E-state index < -0.39 is 12.0 Å². The maximum atomic E-state index is 11.4. The number of carbonyl (C=O) groups is 1. The molecule has 0 aliphatic rings. The van der Waals surface area contributed by atoms with E-state index in [9.17, 15) is 4.79 Å². The van der Waals surface area contributed by atoms with Crippen molar-refractivity contribution in [1.82, 2.24) is 0 Å². The van der Waals surface area contributed by atoms with Crippen molar-refractivity contribution in [1.29, 1.82) is 0 Å². The summed E-state index contributed by atoms with van der Waals surface area (Å²) in [6, 6.07) is 6.14. The van der Waals surface area contributed by atoms with Gasteiger partial charge in [0, 0.05) is 15.6 Å². The lowest BCUT2D eigenvalue weighted by Crippen LogP contribution is -2.33. The van der Waals surface area contributed by atoms with Crippen molar-refractivity contribution in [2.45, 2.75) is 6.04 Å². The molecular formula is C10H11ClN4O2. The van der Waals surface area contributed by atoms with Gasteiger partial charge in [0.2, 0.25) is 0 Å². The van der Waals surface area contributed by atoms with Crippen molar-refractivity contribution in [3.8, 4) is 0 Å². The first kappa shape index (κ1) is 13.2. The number of methoxy groups -OCH3 is 1. The number of halogens is 1. The Kier molecular flexibility index (Phi) is 5.13. The number of azide groups is 1. The fourth-order valence-electron chi connectivity index (χ4n) is 1.22. The summed E-state index contributed by atoms with van der Waals surface area (Å²) in [6.07, 6.45) is 0. The van der Waals surface area contributed by atoms with E-state index in [0.29, 0.717) is 10.7 Å². The SMILES string of the molecule is COC(=O)C(CN=[N+]=[N-])Nc1cccc(Cl)c1. The van der Waals surface area contributed by atoms with E-state index in [1.165, 1.54) is 7.11 Å². The van der Waals surface area contributed by atoms with Crippen molar-refractivity contribution < 1.29 is 9.53 Å². The highest BCUT2D eigenvalue weighted by Crippen LogP contribution is 2.16. The van der Waals surface area contributed by atoms with Crippen LogP contribution >= 0.6 is 11.6 Å². The second kappa shape index (κ2) is 6.62. The van der Waals surface area contributed by atoms with Gasteiger partial charge in [-0.2, -0.15) is 0 Å². The first-order chi connectivity index (χ1) is 8.17. The number of esters is 1. The summed E-state index contributed by atoms with van der Waals surface area (Å²) >= 11 is 5.81. The third-order valence-corrected chi connectivity index (χ3v) is 2.21. The Morgan fingerprint density at radius 1 is 1.71 bits per heavy atom. The lowest BCUT2D eigenvalue weighted by atomic mass is 10.2. The lowest BCUT2D eigenvalue weighted by Gasteiger charge is -2.15. The Balaban J connectivity index is 2.78. The third-order valence-electron chi connectivity index (χ3n) is 1.98. The van der Waals surface area contributed by atoms with Crippen LogP contribution in [-0.4, -0.2) is 25.7 Å². The van der Waals surface area contributed by atoms with Gasteiger partial charge in [0.15, 0.2) is 0 Å². The molecule has 0 aromatic heterocycles. The quantitative estimate of drug-likeness (QED) is 0.379. The van der Waals surface area contributed by atoms with Crippen LogP contribution in [0.5, 0.6) is 0 Å². The zero-order chi connectivity index (χ0) is 12.7. The molecule has 0 aliphatic heterocycles. The minimum Gasteiger partial charge on any atom is -0.467 e. The fourth-order valence-corrected chi connectivity index (χ4v) is 1.41. The minimum absolute atomic E-state index is 0.0321. The number of carbonyl (C=O) groups excluding carboxylic acids is 1. The molecule has 1 N–H and O–H groups in total. The molecule has 1 rings (SSSR count). The molecule has 1 unspecified atom stereocenters. The van der Waals surface area contributed by atoms with Gasteiger partial charge < -0.3 is 10.1 Å². The second-order valence-corrected chi connectivity index (χ2v) is 3.58. The lowest BCUT2D eigenvalue weighted by molar-refractivity contribution is -0.141. The average molecular weight is 255 g/mol. The summed E-state index contributed by atoms with van der Waals surface area (Å²) in [7, 11) is 1.27. The van der Waals surface area contributed by atoms with E-state index in [4.69, 9.17) is 17.1 Å². The normalized spacial score (nSPS) is 11.2. The van der Waals surface area contributed by atoms with E-state index in [1.807, 2.05) is 0 Å². The van der Waals surface area contributed by atoms with Gasteiger partial charge in [0.05, 0.1) is 13.7 Å². The monoisotopic (exact) mass is 254 g/mol. The van der Waals surface area contributed by atoms with Crippen molar-refractivity contribution in [2.75, 3.05) is 19.0 Å². The van der Waals surface area contributed by atoms with Crippen molar-refractivity contribution in [3.63, 3.8) is 0 Å². The van der Waals surface area contributed by atoms with Crippen molar-refractivity contribution in [3.05, 3.63) is 39.7 Å². The van der Waals surface area contributed by atoms with Gasteiger partial charge >= 0.3 is 5.97 Å². The molecule has 1 aromatic carbocycles. The first-order valence-electron chi connectivity index (χ1n) is 4.78. The highest BCUT2D eigenvalue weighted by Gasteiger charge is 2.17. The Morgan fingerprint density at radius 3 is 3.06 bits per heavy atom. The van der Waals surface area contributed by atoms with Gasteiger partial charge in [0.1, 0.15) is 6.04 Å². The number of benzene rings is 1. The molecule has 0 saturated heterocycles. The molecule has 7 heteroatoms. The zero-order valence-electron chi connectivity index (χ0n) is 9.13. The number of nitrogens with one attached hydrogen (secondary N) is 1. The standard InChI is InChI=1S/C10H11ClN4O2/c1-17-10(16)9(6-13-15-12)14-8-4-2-3-7(11)5-8/h2-5,9,14H,6H2,1H3. The fraction of sp³-hybridized carbons (Fsp3) is 0.300. The van der Waals surface area contributed by atoms with E-state index in [0.717, 1.165) is 0 Å². The van der Waals surface area contributed by atoms with Gasteiger partial charge in [0.25, 0.3) is 0 Å². The molecule has 0 aliphatic carbocycles.